The number of methoxy groups -OCH3 is 1. The molecule has 3 aliphatic rings. The van der Waals surface area contributed by atoms with E-state index in [1.807, 2.05) is 4.90 Å². The maximum atomic E-state index is 13.5. The van der Waals surface area contributed by atoms with Gasteiger partial charge in [0.15, 0.2) is 0 Å². The number of amides is 1. The molecule has 2 aliphatic heterocycles. The topological polar surface area (TPSA) is 54.8 Å². The molecule has 3 heterocycles. The zero-order valence-electron chi connectivity index (χ0n) is 17.1. The van der Waals surface area contributed by atoms with Crippen molar-refractivity contribution in [3.05, 3.63) is 27.7 Å². The largest absolute Gasteiger partial charge is 0.496 e. The SMILES string of the molecule is COc1cc(=O)n2c(c1C(=O)N1CCN(C3CCCCC3)CC1)CCCCC2. The Hall–Kier alpha value is -1.82. The van der Waals surface area contributed by atoms with E-state index in [0.717, 1.165) is 57.6 Å². The first-order chi connectivity index (χ1) is 13.7. The fourth-order valence-corrected chi connectivity index (χ4v) is 5.20. The first-order valence-electron chi connectivity index (χ1n) is 11.0. The summed E-state index contributed by atoms with van der Waals surface area (Å²) in [6.45, 7) is 4.13. The number of fused-ring (bicyclic) bond motifs is 1. The molecule has 0 aromatic carbocycles. The van der Waals surface area contributed by atoms with Crippen LogP contribution in [-0.4, -0.2) is 59.6 Å². The molecule has 1 aliphatic carbocycles. The monoisotopic (exact) mass is 387 g/mol. The zero-order chi connectivity index (χ0) is 19.5. The minimum absolute atomic E-state index is 0.0331. The van der Waals surface area contributed by atoms with Crippen LogP contribution in [0.25, 0.3) is 0 Å². The predicted octanol–water partition coefficient (Wildman–Crippen LogP) is 2.67. The van der Waals surface area contributed by atoms with E-state index in [-0.39, 0.29) is 11.5 Å². The summed E-state index contributed by atoms with van der Waals surface area (Å²) in [6, 6.07) is 2.20. The van der Waals surface area contributed by atoms with Gasteiger partial charge < -0.3 is 14.2 Å². The lowest BCUT2D eigenvalue weighted by molar-refractivity contribution is 0.0518. The Bertz CT molecular complexity index is 759. The molecule has 0 radical (unpaired) electrons. The number of rotatable bonds is 3. The van der Waals surface area contributed by atoms with Crippen LogP contribution in [0.1, 0.15) is 67.4 Å². The lowest BCUT2D eigenvalue weighted by Gasteiger charge is -2.41. The highest BCUT2D eigenvalue weighted by Crippen LogP contribution is 2.28. The van der Waals surface area contributed by atoms with E-state index < -0.39 is 0 Å². The van der Waals surface area contributed by atoms with Crippen molar-refractivity contribution in [1.82, 2.24) is 14.4 Å². The van der Waals surface area contributed by atoms with Gasteiger partial charge in [-0.05, 0) is 32.1 Å². The second-order valence-electron chi connectivity index (χ2n) is 8.45. The fourth-order valence-electron chi connectivity index (χ4n) is 5.20. The summed E-state index contributed by atoms with van der Waals surface area (Å²) in [5.41, 5.74) is 1.45. The third kappa shape index (κ3) is 3.84. The molecule has 6 heteroatoms. The standard InChI is InChI=1S/C22H33N3O3/c1-28-19-16-20(26)25-11-7-3-6-10-18(25)21(19)22(27)24-14-12-23(13-15-24)17-8-4-2-5-9-17/h16-17H,2-15H2,1H3. The van der Waals surface area contributed by atoms with E-state index in [1.54, 1.807) is 11.7 Å². The van der Waals surface area contributed by atoms with Gasteiger partial charge in [0.05, 0.1) is 7.11 Å². The average Bonchev–Trinajstić information content (AvgIpc) is 3.00. The van der Waals surface area contributed by atoms with Gasteiger partial charge in [0.1, 0.15) is 11.3 Å². The molecule has 1 saturated heterocycles. The van der Waals surface area contributed by atoms with Crippen molar-refractivity contribution in [1.29, 1.82) is 0 Å². The third-order valence-corrected chi connectivity index (χ3v) is 6.80. The van der Waals surface area contributed by atoms with Gasteiger partial charge in [-0.3, -0.25) is 14.5 Å². The summed E-state index contributed by atoms with van der Waals surface area (Å²) < 4.78 is 7.30. The van der Waals surface area contributed by atoms with Gasteiger partial charge in [0, 0.05) is 50.5 Å². The minimum Gasteiger partial charge on any atom is -0.496 e. The number of ether oxygens (including phenoxy) is 1. The number of carbonyl (C=O) groups is 1. The number of piperazine rings is 1. The van der Waals surface area contributed by atoms with E-state index in [0.29, 0.717) is 23.9 Å². The van der Waals surface area contributed by atoms with Gasteiger partial charge in [-0.25, -0.2) is 0 Å². The Morgan fingerprint density at radius 3 is 2.39 bits per heavy atom. The molecule has 0 N–H and O–H groups in total. The molecule has 28 heavy (non-hydrogen) atoms. The number of pyridine rings is 1. The Balaban J connectivity index is 1.54. The van der Waals surface area contributed by atoms with Crippen LogP contribution in [0.15, 0.2) is 10.9 Å². The van der Waals surface area contributed by atoms with E-state index in [2.05, 4.69) is 4.90 Å². The van der Waals surface area contributed by atoms with Crippen molar-refractivity contribution in [3.8, 4) is 5.75 Å². The smallest absolute Gasteiger partial charge is 0.259 e. The highest BCUT2D eigenvalue weighted by molar-refractivity contribution is 5.98. The first kappa shape index (κ1) is 19.5. The summed E-state index contributed by atoms with van der Waals surface area (Å²) in [7, 11) is 1.56. The van der Waals surface area contributed by atoms with Crippen molar-refractivity contribution in [2.24, 2.45) is 0 Å². The van der Waals surface area contributed by atoms with E-state index in [4.69, 9.17) is 4.74 Å². The minimum atomic E-state index is -0.0487. The maximum Gasteiger partial charge on any atom is 0.259 e. The number of hydrogen-bond acceptors (Lipinski definition) is 4. The molecular weight excluding hydrogens is 354 g/mol. The van der Waals surface area contributed by atoms with Crippen LogP contribution in [0.4, 0.5) is 0 Å². The quantitative estimate of drug-likeness (QED) is 0.800. The third-order valence-electron chi connectivity index (χ3n) is 6.80. The molecule has 0 atom stereocenters. The van der Waals surface area contributed by atoms with E-state index >= 15 is 0 Å². The number of aromatic nitrogens is 1. The molecule has 4 rings (SSSR count). The summed E-state index contributed by atoms with van der Waals surface area (Å²) in [6.07, 6.45) is 10.5. The second kappa shape index (κ2) is 8.68. The lowest BCUT2D eigenvalue weighted by atomic mass is 9.94. The highest BCUT2D eigenvalue weighted by atomic mass is 16.5. The van der Waals surface area contributed by atoms with Crippen LogP contribution in [0.5, 0.6) is 5.75 Å². The van der Waals surface area contributed by atoms with Crippen molar-refractivity contribution in [2.45, 2.75) is 70.4 Å². The molecule has 0 bridgehead atoms. The van der Waals surface area contributed by atoms with Gasteiger partial charge in [-0.2, -0.15) is 0 Å². The molecule has 6 nitrogen and oxygen atoms in total. The Labute approximate surface area is 167 Å². The Kier molecular flexibility index (Phi) is 6.04. The van der Waals surface area contributed by atoms with Crippen LogP contribution in [-0.2, 0) is 13.0 Å². The number of nitrogens with zero attached hydrogens (tertiary/aromatic N) is 3. The number of hydrogen-bond donors (Lipinski definition) is 0. The van der Waals surface area contributed by atoms with Gasteiger partial charge in [0.2, 0.25) is 0 Å². The van der Waals surface area contributed by atoms with Gasteiger partial charge >= 0.3 is 0 Å². The van der Waals surface area contributed by atoms with Crippen LogP contribution in [0.3, 0.4) is 0 Å². The second-order valence-corrected chi connectivity index (χ2v) is 8.45. The summed E-state index contributed by atoms with van der Waals surface area (Å²) in [4.78, 5) is 30.5. The van der Waals surface area contributed by atoms with Crippen molar-refractivity contribution in [2.75, 3.05) is 33.3 Å². The molecule has 1 saturated carbocycles. The molecule has 1 amide bonds. The van der Waals surface area contributed by atoms with E-state index in [1.165, 1.54) is 38.2 Å². The maximum absolute atomic E-state index is 13.5. The average molecular weight is 388 g/mol. The molecule has 1 aromatic heterocycles. The molecule has 1 aromatic rings. The summed E-state index contributed by atoms with van der Waals surface area (Å²) >= 11 is 0. The predicted molar refractivity (Wildman–Crippen MR) is 109 cm³/mol. The normalized spacial score (nSPS) is 21.8. The summed E-state index contributed by atoms with van der Waals surface area (Å²) in [5, 5.41) is 0. The lowest BCUT2D eigenvalue weighted by Crippen LogP contribution is -2.52. The van der Waals surface area contributed by atoms with Crippen molar-refractivity contribution < 1.29 is 9.53 Å². The van der Waals surface area contributed by atoms with Crippen LogP contribution >= 0.6 is 0 Å². The Morgan fingerprint density at radius 2 is 1.68 bits per heavy atom. The first-order valence-corrected chi connectivity index (χ1v) is 11.0. The zero-order valence-corrected chi connectivity index (χ0v) is 17.1. The van der Waals surface area contributed by atoms with Gasteiger partial charge in [-0.1, -0.05) is 25.7 Å². The Morgan fingerprint density at radius 1 is 0.964 bits per heavy atom. The van der Waals surface area contributed by atoms with E-state index in [9.17, 15) is 9.59 Å². The van der Waals surface area contributed by atoms with Crippen molar-refractivity contribution >= 4 is 5.91 Å². The van der Waals surface area contributed by atoms with Gasteiger partial charge in [0.25, 0.3) is 11.5 Å². The molecule has 0 spiro atoms. The van der Waals surface area contributed by atoms with Crippen LogP contribution in [0.2, 0.25) is 0 Å². The van der Waals surface area contributed by atoms with Crippen molar-refractivity contribution in [3.63, 3.8) is 0 Å². The van der Waals surface area contributed by atoms with Crippen LogP contribution in [0, 0.1) is 0 Å². The molecule has 2 fully saturated rings. The van der Waals surface area contributed by atoms with Crippen LogP contribution < -0.4 is 10.3 Å². The molecule has 0 unspecified atom stereocenters. The fraction of sp³-hybridized carbons (Fsp3) is 0.727. The molecule has 154 valence electrons. The number of carbonyl (C=O) groups excluding carboxylic acids is 1. The highest BCUT2D eigenvalue weighted by Gasteiger charge is 2.31. The summed E-state index contributed by atoms with van der Waals surface area (Å²) in [5.74, 6) is 0.476. The molecular formula is C22H33N3O3. The van der Waals surface area contributed by atoms with Gasteiger partial charge in [-0.15, -0.1) is 0 Å².